The van der Waals surface area contributed by atoms with Crippen LogP contribution in [0, 0.1) is 0 Å². The summed E-state index contributed by atoms with van der Waals surface area (Å²) in [5.41, 5.74) is 7.08. The summed E-state index contributed by atoms with van der Waals surface area (Å²) in [5, 5.41) is 3.22. The van der Waals surface area contributed by atoms with E-state index >= 15 is 0 Å². The number of hydrogen-bond acceptors (Lipinski definition) is 3. The Bertz CT molecular complexity index is 1390. The Labute approximate surface area is 241 Å². The monoisotopic (exact) mass is 533 g/mol. The number of allylic oxidation sites excluding steroid dienone is 3. The van der Waals surface area contributed by atoms with Crippen LogP contribution in [0.5, 0.6) is 0 Å². The van der Waals surface area contributed by atoms with Crippen molar-refractivity contribution in [3.8, 4) is 11.1 Å². The summed E-state index contributed by atoms with van der Waals surface area (Å²) in [4.78, 5) is 20.2. The summed E-state index contributed by atoms with van der Waals surface area (Å²) in [5.74, 6) is -0.0889. The molecule has 1 amide bonds. The zero-order chi connectivity index (χ0) is 28.9. The van der Waals surface area contributed by atoms with Gasteiger partial charge in [0.1, 0.15) is 6.04 Å². The molecule has 0 saturated carbocycles. The molecule has 0 bridgehead atoms. The molecule has 40 heavy (non-hydrogen) atoms. The molecule has 4 heteroatoms. The number of benzene rings is 3. The molecule has 4 aromatic rings. The third-order valence-corrected chi connectivity index (χ3v) is 6.76. The molecule has 4 rings (SSSR count). The lowest BCUT2D eigenvalue weighted by atomic mass is 9.94. The maximum Gasteiger partial charge on any atom is 0.247 e. The average Bonchev–Trinajstić information content (AvgIpc) is 3.02. The topological polar surface area (TPSA) is 45.2 Å². The van der Waals surface area contributed by atoms with Gasteiger partial charge in [-0.15, -0.1) is 0 Å². The molecule has 4 nitrogen and oxygen atoms in total. The van der Waals surface area contributed by atoms with Gasteiger partial charge in [0, 0.05) is 37.7 Å². The lowest BCUT2D eigenvalue weighted by Crippen LogP contribution is -2.40. The first-order chi connectivity index (χ1) is 19.5. The SMILES string of the molecule is C=C(C/C=C/C)c1cc(-c2ccccc2)ccc1N(C)C(C(=O)N[C@@H](C)c1ccccc1)c1cccnc1.CC.[HH]. The van der Waals surface area contributed by atoms with Gasteiger partial charge in [-0.1, -0.05) is 105 Å². The van der Waals surface area contributed by atoms with Crippen molar-refractivity contribution < 1.29 is 6.22 Å². The smallest absolute Gasteiger partial charge is 0.247 e. The summed E-state index contributed by atoms with van der Waals surface area (Å²) in [7, 11) is 1.97. The van der Waals surface area contributed by atoms with Crippen LogP contribution >= 0.6 is 0 Å². The third-order valence-electron chi connectivity index (χ3n) is 6.76. The lowest BCUT2D eigenvalue weighted by molar-refractivity contribution is -0.123. The Morgan fingerprint density at radius 2 is 1.60 bits per heavy atom. The van der Waals surface area contributed by atoms with E-state index in [0.717, 1.165) is 45.5 Å². The van der Waals surface area contributed by atoms with Gasteiger partial charge in [0.05, 0.1) is 6.04 Å². The van der Waals surface area contributed by atoms with E-state index in [0.29, 0.717) is 0 Å². The molecule has 0 fully saturated rings. The Hall–Kier alpha value is -4.44. The summed E-state index contributed by atoms with van der Waals surface area (Å²) >= 11 is 0. The first-order valence-electron chi connectivity index (χ1n) is 14.0. The number of aromatic nitrogens is 1. The molecule has 1 aromatic heterocycles. The second kappa shape index (κ2) is 15.2. The van der Waals surface area contributed by atoms with Crippen molar-refractivity contribution in [1.82, 2.24) is 10.3 Å². The molecule has 0 radical (unpaired) electrons. The zero-order valence-corrected chi connectivity index (χ0v) is 24.3. The lowest BCUT2D eigenvalue weighted by Gasteiger charge is -2.32. The fraction of sp³-hybridized carbons (Fsp3) is 0.222. The number of carbonyl (C=O) groups excluding carboxylic acids is 1. The Balaban J connectivity index is 0.00000192. The molecular formula is C36H43N3O. The Morgan fingerprint density at radius 1 is 0.950 bits per heavy atom. The van der Waals surface area contributed by atoms with Crippen LogP contribution < -0.4 is 10.2 Å². The third kappa shape index (κ3) is 7.57. The molecule has 208 valence electrons. The predicted molar refractivity (Wildman–Crippen MR) is 172 cm³/mol. The minimum atomic E-state index is -0.578. The number of nitrogens with one attached hydrogen (secondary N) is 1. The largest absolute Gasteiger partial charge is 0.359 e. The van der Waals surface area contributed by atoms with Gasteiger partial charge in [-0.25, -0.2) is 0 Å². The normalized spacial score (nSPS) is 12.1. The molecule has 0 aliphatic carbocycles. The van der Waals surface area contributed by atoms with E-state index < -0.39 is 6.04 Å². The number of pyridine rings is 1. The molecular weight excluding hydrogens is 490 g/mol. The van der Waals surface area contributed by atoms with Crippen molar-refractivity contribution in [2.45, 2.75) is 46.2 Å². The highest BCUT2D eigenvalue weighted by molar-refractivity contribution is 5.89. The average molecular weight is 534 g/mol. The Morgan fingerprint density at radius 3 is 2.23 bits per heavy atom. The van der Waals surface area contributed by atoms with Crippen LogP contribution in [0.25, 0.3) is 16.7 Å². The van der Waals surface area contributed by atoms with Crippen LogP contribution in [-0.4, -0.2) is 17.9 Å². The van der Waals surface area contributed by atoms with Crippen molar-refractivity contribution >= 4 is 17.2 Å². The van der Waals surface area contributed by atoms with Crippen LogP contribution in [0.3, 0.4) is 0 Å². The number of hydrogen-bond donors (Lipinski definition) is 1. The van der Waals surface area contributed by atoms with E-state index in [1.165, 1.54) is 0 Å². The van der Waals surface area contributed by atoms with E-state index in [2.05, 4.69) is 53.3 Å². The number of amides is 1. The highest BCUT2D eigenvalue weighted by atomic mass is 16.2. The minimum absolute atomic E-state index is 0. The van der Waals surface area contributed by atoms with E-state index in [4.69, 9.17) is 0 Å². The number of likely N-dealkylation sites (N-methyl/N-ethyl adjacent to an activating group) is 1. The van der Waals surface area contributed by atoms with Gasteiger partial charge >= 0.3 is 0 Å². The van der Waals surface area contributed by atoms with Crippen molar-refractivity contribution in [3.63, 3.8) is 0 Å². The maximum atomic E-state index is 13.9. The van der Waals surface area contributed by atoms with E-state index in [-0.39, 0.29) is 13.4 Å². The highest BCUT2D eigenvalue weighted by Gasteiger charge is 2.29. The minimum Gasteiger partial charge on any atom is -0.359 e. The molecule has 1 heterocycles. The van der Waals surface area contributed by atoms with Gasteiger partial charge in [-0.3, -0.25) is 9.78 Å². The van der Waals surface area contributed by atoms with Crippen LogP contribution in [0.4, 0.5) is 5.69 Å². The number of carbonyl (C=O) groups is 1. The van der Waals surface area contributed by atoms with E-state index in [1.54, 1.807) is 12.4 Å². The molecule has 0 aliphatic heterocycles. The van der Waals surface area contributed by atoms with Crippen molar-refractivity contribution in [3.05, 3.63) is 139 Å². The van der Waals surface area contributed by atoms with Gasteiger partial charge in [0.15, 0.2) is 0 Å². The van der Waals surface area contributed by atoms with Gasteiger partial charge in [0.2, 0.25) is 5.91 Å². The summed E-state index contributed by atoms with van der Waals surface area (Å²) in [6.07, 6.45) is 8.36. The molecule has 1 N–H and O–H groups in total. The molecule has 0 aliphatic rings. The van der Waals surface area contributed by atoms with Gasteiger partial charge in [0.25, 0.3) is 0 Å². The van der Waals surface area contributed by atoms with E-state index in [9.17, 15) is 4.79 Å². The second-order valence-electron chi connectivity index (χ2n) is 9.42. The van der Waals surface area contributed by atoms with Crippen LogP contribution in [0.2, 0.25) is 0 Å². The summed E-state index contributed by atoms with van der Waals surface area (Å²) in [6, 6.07) is 29.8. The fourth-order valence-corrected chi connectivity index (χ4v) is 4.65. The zero-order valence-electron chi connectivity index (χ0n) is 24.3. The standard InChI is InChI=1S/C34H35N3O.C2H6.H2/c1-5-6-14-25(2)31-23-29(28-17-11-8-12-18-28)20-21-32(31)37(4)33(30-19-13-22-35-24-30)34(38)36-26(3)27-15-9-7-10-16-27;1-2;/h5-13,15-24,26,33H,2,14H2,1,3-4H3,(H,36,38);1-2H3;1H/b6-5+;;/t26-,33?;;/m0../s1. The van der Waals surface area contributed by atoms with Crippen LogP contribution in [-0.2, 0) is 4.79 Å². The second-order valence-corrected chi connectivity index (χ2v) is 9.42. The molecule has 0 spiro atoms. The van der Waals surface area contributed by atoms with Gasteiger partial charge < -0.3 is 10.2 Å². The quantitative estimate of drug-likeness (QED) is 0.207. The van der Waals surface area contributed by atoms with Gasteiger partial charge in [-0.2, -0.15) is 0 Å². The predicted octanol–water partition coefficient (Wildman–Crippen LogP) is 9.06. The Kier molecular flexibility index (Phi) is 11.5. The highest BCUT2D eigenvalue weighted by Crippen LogP contribution is 2.36. The fourth-order valence-electron chi connectivity index (χ4n) is 4.65. The molecule has 1 unspecified atom stereocenters. The van der Waals surface area contributed by atoms with Crippen LogP contribution in [0.1, 0.15) is 64.3 Å². The number of rotatable bonds is 10. The summed E-state index contributed by atoms with van der Waals surface area (Å²) < 4.78 is 0. The van der Waals surface area contributed by atoms with Crippen LogP contribution in [0.15, 0.2) is 122 Å². The van der Waals surface area contributed by atoms with E-state index in [1.807, 2.05) is 106 Å². The molecule has 0 saturated heterocycles. The van der Waals surface area contributed by atoms with Crippen molar-refractivity contribution in [1.29, 1.82) is 0 Å². The number of nitrogens with zero attached hydrogens (tertiary/aromatic N) is 2. The molecule has 2 atom stereocenters. The summed E-state index contributed by atoms with van der Waals surface area (Å²) in [6.45, 7) is 12.4. The van der Waals surface area contributed by atoms with Gasteiger partial charge in [-0.05, 0) is 60.7 Å². The first kappa shape index (κ1) is 30.1. The van der Waals surface area contributed by atoms with Crippen molar-refractivity contribution in [2.75, 3.05) is 11.9 Å². The molecule has 3 aromatic carbocycles. The maximum absolute atomic E-state index is 13.9. The first-order valence-corrected chi connectivity index (χ1v) is 14.0. The number of anilines is 1. The van der Waals surface area contributed by atoms with Crippen molar-refractivity contribution in [2.24, 2.45) is 0 Å².